The first-order valence-corrected chi connectivity index (χ1v) is 5.10. The van der Waals surface area contributed by atoms with Crippen LogP contribution in [0, 0.1) is 11.3 Å². The molecule has 0 atom stereocenters. The molecular weight excluding hydrogens is 226 g/mol. The molecule has 0 aliphatic heterocycles. The van der Waals surface area contributed by atoms with Crippen molar-refractivity contribution in [3.05, 3.63) is 41.6 Å². The molecule has 0 aliphatic rings. The maximum absolute atomic E-state index is 8.91. The summed E-state index contributed by atoms with van der Waals surface area (Å²) in [6.45, 7) is 0.307. The Labute approximate surface area is 97.5 Å². The maximum atomic E-state index is 8.91. The molecule has 0 saturated carbocycles. The zero-order chi connectivity index (χ0) is 11.4. The highest BCUT2D eigenvalue weighted by atomic mass is 35.5. The number of hydrogen-bond donors (Lipinski definition) is 0. The van der Waals surface area contributed by atoms with Gasteiger partial charge in [-0.2, -0.15) is 5.26 Å². The van der Waals surface area contributed by atoms with Gasteiger partial charge in [0, 0.05) is 5.54 Å². The summed E-state index contributed by atoms with van der Waals surface area (Å²) in [5.41, 5.74) is 2.01. The van der Waals surface area contributed by atoms with Crippen molar-refractivity contribution in [1.29, 1.82) is 5.26 Å². The Balaban J connectivity index is 2.44. The monoisotopic (exact) mass is 233 g/mol. The fourth-order valence-electron chi connectivity index (χ4n) is 1.41. The molecule has 16 heavy (non-hydrogen) atoms. The van der Waals surface area contributed by atoms with Crippen LogP contribution in [0.3, 0.4) is 0 Å². The molecule has 1 aromatic heterocycles. The van der Waals surface area contributed by atoms with Crippen LogP contribution in [0.1, 0.15) is 5.76 Å². The number of benzene rings is 1. The molecule has 0 spiro atoms. The van der Waals surface area contributed by atoms with E-state index in [0.717, 1.165) is 5.39 Å². The molecule has 0 bridgehead atoms. The van der Waals surface area contributed by atoms with E-state index in [9.17, 15) is 0 Å². The first-order valence-electron chi connectivity index (χ1n) is 4.66. The summed E-state index contributed by atoms with van der Waals surface area (Å²) in [5.74, 6) is 0.650. The Kier molecular flexibility index (Phi) is 3.13. The van der Waals surface area contributed by atoms with Gasteiger partial charge in [-0.1, -0.05) is 23.7 Å². The Hall–Kier alpha value is -1.92. The largest absolute Gasteiger partial charge is 0.484 e. The van der Waals surface area contributed by atoms with Crippen molar-refractivity contribution in [2.45, 2.75) is 0 Å². The topological polar surface area (TPSA) is 46.2 Å². The maximum Gasteiger partial charge on any atom is 0.246 e. The standard InChI is InChI=1S/C12H8ClNO2/c13-6-3-7-15-12-9-4-1-2-5-10(9)16-11(12)8-14/h1-6H,7H2/b6-3+. The smallest absolute Gasteiger partial charge is 0.246 e. The van der Waals surface area contributed by atoms with E-state index in [0.29, 0.717) is 17.9 Å². The van der Waals surface area contributed by atoms with Gasteiger partial charge >= 0.3 is 0 Å². The number of hydrogen-bond acceptors (Lipinski definition) is 3. The molecule has 0 radical (unpaired) electrons. The van der Waals surface area contributed by atoms with Crippen LogP contribution in [0.2, 0.25) is 0 Å². The minimum atomic E-state index is 0.184. The van der Waals surface area contributed by atoms with Gasteiger partial charge in [0.1, 0.15) is 18.3 Å². The summed E-state index contributed by atoms with van der Waals surface area (Å²) in [7, 11) is 0. The second-order valence-corrected chi connectivity index (χ2v) is 3.29. The van der Waals surface area contributed by atoms with Gasteiger partial charge in [-0.15, -0.1) is 0 Å². The number of fused-ring (bicyclic) bond motifs is 1. The van der Waals surface area contributed by atoms with Crippen LogP contribution in [0.25, 0.3) is 11.0 Å². The summed E-state index contributed by atoms with van der Waals surface area (Å²) >= 11 is 5.38. The molecule has 0 fully saturated rings. The number of halogens is 1. The number of rotatable bonds is 3. The third kappa shape index (κ3) is 1.88. The van der Waals surface area contributed by atoms with E-state index in [1.54, 1.807) is 12.1 Å². The lowest BCUT2D eigenvalue weighted by Crippen LogP contribution is -1.93. The van der Waals surface area contributed by atoms with E-state index >= 15 is 0 Å². The first-order chi connectivity index (χ1) is 7.86. The van der Waals surface area contributed by atoms with E-state index in [1.807, 2.05) is 24.3 Å². The fourth-order valence-corrected chi connectivity index (χ4v) is 1.48. The van der Waals surface area contributed by atoms with Crippen molar-refractivity contribution in [1.82, 2.24) is 0 Å². The second-order valence-electron chi connectivity index (χ2n) is 3.04. The molecule has 4 heteroatoms. The average molecular weight is 234 g/mol. The van der Waals surface area contributed by atoms with Crippen molar-refractivity contribution in [3.8, 4) is 11.8 Å². The third-order valence-corrected chi connectivity index (χ3v) is 2.24. The molecule has 2 aromatic rings. The molecule has 2 rings (SSSR count). The van der Waals surface area contributed by atoms with Gasteiger partial charge in [-0.05, 0) is 18.2 Å². The summed E-state index contributed by atoms with van der Waals surface area (Å²) in [5, 5.41) is 9.70. The molecule has 1 aromatic carbocycles. The minimum Gasteiger partial charge on any atom is -0.484 e. The van der Waals surface area contributed by atoms with Crippen LogP contribution < -0.4 is 4.74 Å². The van der Waals surface area contributed by atoms with E-state index in [4.69, 9.17) is 26.0 Å². The highest BCUT2D eigenvalue weighted by molar-refractivity contribution is 6.25. The molecule has 1 heterocycles. The number of ether oxygens (including phenoxy) is 1. The van der Waals surface area contributed by atoms with Crippen LogP contribution >= 0.6 is 11.6 Å². The fraction of sp³-hybridized carbons (Fsp3) is 0.0833. The zero-order valence-corrected chi connectivity index (χ0v) is 9.07. The molecule has 80 valence electrons. The van der Waals surface area contributed by atoms with Crippen molar-refractivity contribution in [2.24, 2.45) is 0 Å². The summed E-state index contributed by atoms with van der Waals surface area (Å²) in [6, 6.07) is 9.31. The van der Waals surface area contributed by atoms with Gasteiger partial charge in [0.05, 0.1) is 5.39 Å². The third-order valence-electron chi connectivity index (χ3n) is 2.06. The van der Waals surface area contributed by atoms with E-state index < -0.39 is 0 Å². The van der Waals surface area contributed by atoms with Crippen molar-refractivity contribution >= 4 is 22.6 Å². The van der Waals surface area contributed by atoms with Gasteiger partial charge in [0.25, 0.3) is 0 Å². The highest BCUT2D eigenvalue weighted by Crippen LogP contribution is 2.32. The van der Waals surface area contributed by atoms with Crippen molar-refractivity contribution in [2.75, 3.05) is 6.61 Å². The predicted molar refractivity (Wildman–Crippen MR) is 61.4 cm³/mol. The van der Waals surface area contributed by atoms with Gasteiger partial charge < -0.3 is 9.15 Å². The number of furan rings is 1. The van der Waals surface area contributed by atoms with E-state index in [1.165, 1.54) is 5.54 Å². The van der Waals surface area contributed by atoms with Crippen LogP contribution in [-0.4, -0.2) is 6.61 Å². The Morgan fingerprint density at radius 3 is 3.00 bits per heavy atom. The Morgan fingerprint density at radius 1 is 1.44 bits per heavy atom. The second kappa shape index (κ2) is 4.73. The average Bonchev–Trinajstić information content (AvgIpc) is 2.68. The molecule has 0 aliphatic carbocycles. The lowest BCUT2D eigenvalue weighted by Gasteiger charge is -1.99. The van der Waals surface area contributed by atoms with Gasteiger partial charge in [-0.25, -0.2) is 0 Å². The molecule has 0 unspecified atom stereocenters. The summed E-state index contributed by atoms with van der Waals surface area (Å²) in [6.07, 6.45) is 1.64. The SMILES string of the molecule is N#Cc1oc2ccccc2c1OC/C=C/Cl. The normalized spacial score (nSPS) is 10.8. The number of nitrogens with zero attached hydrogens (tertiary/aromatic N) is 1. The lowest BCUT2D eigenvalue weighted by atomic mass is 10.2. The number of nitriles is 1. The highest BCUT2D eigenvalue weighted by Gasteiger charge is 2.14. The quantitative estimate of drug-likeness (QED) is 0.816. The number of para-hydroxylation sites is 1. The molecule has 3 nitrogen and oxygen atoms in total. The van der Waals surface area contributed by atoms with Crippen molar-refractivity contribution in [3.63, 3.8) is 0 Å². The van der Waals surface area contributed by atoms with Crippen LogP contribution in [-0.2, 0) is 0 Å². The molecule has 0 saturated heterocycles. The molecule has 0 amide bonds. The van der Waals surface area contributed by atoms with Crippen LogP contribution in [0.5, 0.6) is 5.75 Å². The lowest BCUT2D eigenvalue weighted by molar-refractivity contribution is 0.358. The van der Waals surface area contributed by atoms with Crippen LogP contribution in [0.4, 0.5) is 0 Å². The van der Waals surface area contributed by atoms with Crippen molar-refractivity contribution < 1.29 is 9.15 Å². The summed E-state index contributed by atoms with van der Waals surface area (Å²) < 4.78 is 10.8. The van der Waals surface area contributed by atoms with Gasteiger partial charge in [0.2, 0.25) is 5.76 Å². The Morgan fingerprint density at radius 2 is 2.25 bits per heavy atom. The first kappa shape index (κ1) is 10.6. The zero-order valence-electron chi connectivity index (χ0n) is 8.31. The summed E-state index contributed by atoms with van der Waals surface area (Å²) in [4.78, 5) is 0. The van der Waals surface area contributed by atoms with Crippen LogP contribution in [0.15, 0.2) is 40.3 Å². The minimum absolute atomic E-state index is 0.184. The Bertz CT molecular complexity index is 566. The molecule has 0 N–H and O–H groups in total. The molecular formula is C12H8ClNO2. The van der Waals surface area contributed by atoms with Gasteiger partial charge in [0.15, 0.2) is 5.75 Å². The van der Waals surface area contributed by atoms with E-state index in [-0.39, 0.29) is 5.76 Å². The van der Waals surface area contributed by atoms with E-state index in [2.05, 4.69) is 0 Å². The van der Waals surface area contributed by atoms with Gasteiger partial charge in [-0.3, -0.25) is 0 Å². The predicted octanol–water partition coefficient (Wildman–Crippen LogP) is 3.44.